The molecule has 1 aromatic heterocycles. The van der Waals surface area contributed by atoms with Crippen LogP contribution < -0.4 is 15.6 Å². The first kappa shape index (κ1) is 19.9. The fraction of sp³-hybridized carbons (Fsp3) is 0.318. The number of aliphatic hydroxyl groups is 1. The first-order chi connectivity index (χ1) is 13.5. The van der Waals surface area contributed by atoms with Crippen LogP contribution in [0.1, 0.15) is 30.6 Å². The number of nitrogens with one attached hydrogen (secondary N) is 2. The van der Waals surface area contributed by atoms with E-state index < -0.39 is 6.10 Å². The molecule has 2 aromatic carbocycles. The van der Waals surface area contributed by atoms with Gasteiger partial charge in [0.1, 0.15) is 11.5 Å². The summed E-state index contributed by atoms with van der Waals surface area (Å²) in [6.45, 7) is 2.46. The van der Waals surface area contributed by atoms with Gasteiger partial charge < -0.3 is 25.3 Å². The highest BCUT2D eigenvalue weighted by Gasteiger charge is 2.15. The van der Waals surface area contributed by atoms with Crippen molar-refractivity contribution in [2.24, 2.45) is 0 Å². The fourth-order valence-corrected chi connectivity index (χ4v) is 3.29. The van der Waals surface area contributed by atoms with Crippen LogP contribution >= 0.6 is 0 Å². The van der Waals surface area contributed by atoms with Crippen molar-refractivity contribution in [1.82, 2.24) is 10.3 Å². The zero-order chi connectivity index (χ0) is 20.1. The van der Waals surface area contributed by atoms with E-state index in [1.165, 1.54) is 17.7 Å². The molecule has 1 heterocycles. The number of aromatic hydroxyl groups is 1. The van der Waals surface area contributed by atoms with Gasteiger partial charge in [-0.25, -0.2) is 0 Å². The third-order valence-corrected chi connectivity index (χ3v) is 4.93. The topological polar surface area (TPSA) is 94.6 Å². The lowest BCUT2D eigenvalue weighted by atomic mass is 10.0. The van der Waals surface area contributed by atoms with Gasteiger partial charge in [0, 0.05) is 24.0 Å². The Labute approximate surface area is 163 Å². The van der Waals surface area contributed by atoms with Gasteiger partial charge in [0.05, 0.1) is 18.7 Å². The minimum atomic E-state index is -0.756. The number of phenolic OH excluding ortho intramolecular Hbond substituents is 1. The summed E-state index contributed by atoms with van der Waals surface area (Å²) >= 11 is 0. The maximum absolute atomic E-state index is 11.5. The molecule has 0 fully saturated rings. The van der Waals surface area contributed by atoms with Gasteiger partial charge in [-0.05, 0) is 55.2 Å². The number of aliphatic hydroxyl groups excluding tert-OH is 1. The molecule has 6 heteroatoms. The van der Waals surface area contributed by atoms with Crippen LogP contribution in [0.4, 0.5) is 0 Å². The smallest absolute Gasteiger partial charge is 0.248 e. The lowest BCUT2D eigenvalue weighted by Gasteiger charge is -2.19. The summed E-state index contributed by atoms with van der Waals surface area (Å²) in [5.74, 6) is 0.842. The summed E-state index contributed by atoms with van der Waals surface area (Å²) in [6, 6.07) is 14.4. The Morgan fingerprint density at radius 2 is 2.00 bits per heavy atom. The second-order valence-electron chi connectivity index (χ2n) is 7.00. The number of ether oxygens (including phenoxy) is 1. The van der Waals surface area contributed by atoms with E-state index in [1.807, 2.05) is 18.2 Å². The molecule has 0 aliphatic heterocycles. The van der Waals surface area contributed by atoms with E-state index in [-0.39, 0.29) is 17.4 Å². The Balaban J connectivity index is 1.60. The molecule has 6 nitrogen and oxygen atoms in total. The highest BCUT2D eigenvalue weighted by atomic mass is 16.5. The molecule has 3 rings (SSSR count). The molecule has 0 spiro atoms. The Morgan fingerprint density at radius 3 is 2.79 bits per heavy atom. The summed E-state index contributed by atoms with van der Waals surface area (Å²) in [5, 5.41) is 24.6. The van der Waals surface area contributed by atoms with Gasteiger partial charge in [-0.1, -0.05) is 18.2 Å². The lowest BCUT2D eigenvalue weighted by molar-refractivity contribution is 0.171. The van der Waals surface area contributed by atoms with Crippen LogP contribution in [0.5, 0.6) is 11.5 Å². The van der Waals surface area contributed by atoms with Crippen molar-refractivity contribution in [3.05, 3.63) is 70.0 Å². The lowest BCUT2D eigenvalue weighted by Crippen LogP contribution is -2.31. The van der Waals surface area contributed by atoms with Crippen LogP contribution in [-0.4, -0.2) is 34.9 Å². The van der Waals surface area contributed by atoms with Crippen molar-refractivity contribution < 1.29 is 14.9 Å². The van der Waals surface area contributed by atoms with Crippen molar-refractivity contribution >= 4 is 10.9 Å². The Hall–Kier alpha value is -2.83. The summed E-state index contributed by atoms with van der Waals surface area (Å²) in [7, 11) is 1.66. The van der Waals surface area contributed by atoms with E-state index >= 15 is 0 Å². The first-order valence-corrected chi connectivity index (χ1v) is 9.37. The Kier molecular flexibility index (Phi) is 6.34. The molecule has 2 atom stereocenters. The number of hydrogen-bond donors (Lipinski definition) is 4. The van der Waals surface area contributed by atoms with Crippen LogP contribution in [0, 0.1) is 0 Å². The number of rotatable bonds is 8. The summed E-state index contributed by atoms with van der Waals surface area (Å²) in [6.07, 6.45) is 1.07. The van der Waals surface area contributed by atoms with E-state index in [1.54, 1.807) is 19.2 Å². The maximum atomic E-state index is 11.5. The van der Waals surface area contributed by atoms with Crippen LogP contribution in [0.25, 0.3) is 10.9 Å². The van der Waals surface area contributed by atoms with Crippen LogP contribution in [0.2, 0.25) is 0 Å². The van der Waals surface area contributed by atoms with Gasteiger partial charge in [0.2, 0.25) is 5.56 Å². The fourth-order valence-electron chi connectivity index (χ4n) is 3.29. The SMILES string of the molecule is COc1cccc(CCC(C)NCC(O)c2ccc(O)c3[nH]c(=O)ccc23)c1. The predicted octanol–water partition coefficient (Wildman–Crippen LogP) is 2.89. The molecule has 3 aromatic rings. The van der Waals surface area contributed by atoms with Gasteiger partial charge in [-0.15, -0.1) is 0 Å². The molecule has 0 radical (unpaired) electrons. The van der Waals surface area contributed by atoms with Gasteiger partial charge in [0.15, 0.2) is 0 Å². The van der Waals surface area contributed by atoms with Crippen molar-refractivity contribution in [1.29, 1.82) is 0 Å². The molecule has 28 heavy (non-hydrogen) atoms. The number of methoxy groups -OCH3 is 1. The monoisotopic (exact) mass is 382 g/mol. The zero-order valence-electron chi connectivity index (χ0n) is 16.1. The largest absolute Gasteiger partial charge is 0.506 e. The molecular formula is C22H26N2O4. The molecule has 4 N–H and O–H groups in total. The molecule has 2 unspecified atom stereocenters. The average Bonchev–Trinajstić information content (AvgIpc) is 2.71. The number of aromatic amines is 1. The molecule has 0 saturated heterocycles. The van der Waals surface area contributed by atoms with Gasteiger partial charge in [0.25, 0.3) is 0 Å². The van der Waals surface area contributed by atoms with E-state index in [4.69, 9.17) is 4.74 Å². The average molecular weight is 382 g/mol. The molecule has 148 valence electrons. The van der Waals surface area contributed by atoms with Gasteiger partial charge in [-0.3, -0.25) is 4.79 Å². The number of aryl methyl sites for hydroxylation is 1. The normalized spacial score (nSPS) is 13.4. The number of aromatic nitrogens is 1. The second-order valence-corrected chi connectivity index (χ2v) is 7.00. The van der Waals surface area contributed by atoms with E-state index in [0.717, 1.165) is 18.6 Å². The minimum Gasteiger partial charge on any atom is -0.506 e. The van der Waals surface area contributed by atoms with Crippen LogP contribution in [0.15, 0.2) is 53.3 Å². The van der Waals surface area contributed by atoms with E-state index in [9.17, 15) is 15.0 Å². The van der Waals surface area contributed by atoms with Crippen molar-refractivity contribution in [3.63, 3.8) is 0 Å². The van der Waals surface area contributed by atoms with Gasteiger partial charge in [-0.2, -0.15) is 0 Å². The number of H-pyrrole nitrogens is 1. The third-order valence-electron chi connectivity index (χ3n) is 4.93. The maximum Gasteiger partial charge on any atom is 0.248 e. The molecule has 0 amide bonds. The number of hydrogen-bond acceptors (Lipinski definition) is 5. The predicted molar refractivity (Wildman–Crippen MR) is 110 cm³/mol. The molecule has 0 bridgehead atoms. The van der Waals surface area contributed by atoms with E-state index in [0.29, 0.717) is 23.0 Å². The standard InChI is InChI=1S/C22H26N2O4/c1-14(6-7-15-4-3-5-16(12-15)28-2)23-13-20(26)17-8-10-19(25)22-18(17)9-11-21(27)24-22/h3-5,8-12,14,20,23,25-26H,6-7,13H2,1-2H3,(H,24,27). The molecular weight excluding hydrogens is 356 g/mol. The Bertz CT molecular complexity index is 999. The zero-order valence-corrected chi connectivity index (χ0v) is 16.1. The summed E-state index contributed by atoms with van der Waals surface area (Å²) in [4.78, 5) is 14.1. The second kappa shape index (κ2) is 8.91. The highest BCUT2D eigenvalue weighted by Crippen LogP contribution is 2.28. The number of phenols is 1. The van der Waals surface area contributed by atoms with E-state index in [2.05, 4.69) is 23.3 Å². The molecule has 0 saturated carbocycles. The number of pyridine rings is 1. The van der Waals surface area contributed by atoms with Crippen LogP contribution in [0.3, 0.4) is 0 Å². The summed E-state index contributed by atoms with van der Waals surface area (Å²) in [5.41, 5.74) is 1.92. The quantitative estimate of drug-likeness (QED) is 0.481. The number of benzene rings is 2. The highest BCUT2D eigenvalue weighted by molar-refractivity contribution is 5.87. The van der Waals surface area contributed by atoms with Crippen molar-refractivity contribution in [3.8, 4) is 11.5 Å². The molecule has 0 aliphatic carbocycles. The first-order valence-electron chi connectivity index (χ1n) is 9.37. The molecule has 0 aliphatic rings. The Morgan fingerprint density at radius 1 is 1.18 bits per heavy atom. The summed E-state index contributed by atoms with van der Waals surface area (Å²) < 4.78 is 5.25. The number of fused-ring (bicyclic) bond motifs is 1. The van der Waals surface area contributed by atoms with Crippen molar-refractivity contribution in [2.75, 3.05) is 13.7 Å². The van der Waals surface area contributed by atoms with Crippen LogP contribution in [-0.2, 0) is 6.42 Å². The van der Waals surface area contributed by atoms with Gasteiger partial charge >= 0.3 is 0 Å². The minimum absolute atomic E-state index is 0.0109. The third kappa shape index (κ3) is 4.71. The van der Waals surface area contributed by atoms with Crippen molar-refractivity contribution in [2.45, 2.75) is 31.9 Å².